The zero-order valence-corrected chi connectivity index (χ0v) is 17.5. The Morgan fingerprint density at radius 1 is 0.720 bits per heavy atom. The van der Waals surface area contributed by atoms with Gasteiger partial charge in [0.05, 0.1) is 0 Å². The Morgan fingerprint density at radius 2 is 0.920 bits per heavy atom. The molecule has 9 heteroatoms. The number of pyridine rings is 2. The van der Waals surface area contributed by atoms with Crippen molar-refractivity contribution >= 4 is 0 Å². The van der Waals surface area contributed by atoms with E-state index in [1.807, 2.05) is 49.1 Å². The van der Waals surface area contributed by atoms with Gasteiger partial charge in [0, 0.05) is 24.8 Å². The van der Waals surface area contributed by atoms with Gasteiger partial charge in [-0.1, -0.05) is 27.7 Å². The monoisotopic (exact) mass is 524 g/mol. The van der Waals surface area contributed by atoms with Crippen LogP contribution in [0.3, 0.4) is 0 Å². The second kappa shape index (κ2) is 22.0. The molecule has 0 aliphatic heterocycles. The van der Waals surface area contributed by atoms with Gasteiger partial charge in [-0.3, -0.25) is 9.97 Å². The third-order valence-electron chi connectivity index (χ3n) is 2.75. The molecule has 140 valence electrons. The van der Waals surface area contributed by atoms with Crippen LogP contribution in [0.15, 0.2) is 49.1 Å². The van der Waals surface area contributed by atoms with Crippen LogP contribution in [0, 0.1) is 9.81 Å². The minimum atomic E-state index is -2.75. The predicted molar refractivity (Wildman–Crippen MR) is 92.3 cm³/mol. The van der Waals surface area contributed by atoms with Crippen LogP contribution in [0.4, 0.5) is 6.32 Å². The molecule has 0 radical (unpaired) electrons. The van der Waals surface area contributed by atoms with Crippen molar-refractivity contribution in [3.63, 3.8) is 0 Å². The van der Waals surface area contributed by atoms with E-state index in [1.165, 1.54) is 11.1 Å². The molecule has 0 spiro atoms. The predicted octanol–water partition coefficient (Wildman–Crippen LogP) is 5.89. The Labute approximate surface area is 156 Å². The first-order valence-corrected chi connectivity index (χ1v) is 9.30. The van der Waals surface area contributed by atoms with Gasteiger partial charge in [0.25, 0.3) is 0 Å². The molecule has 0 saturated heterocycles. The maximum atomic E-state index is 9.79. The number of hydrogen-bond acceptors (Lipinski definition) is 4. The van der Waals surface area contributed by atoms with Gasteiger partial charge < -0.3 is 21.0 Å². The second-order valence-electron chi connectivity index (χ2n) is 4.93. The fourth-order valence-electron chi connectivity index (χ4n) is 1.50. The summed E-state index contributed by atoms with van der Waals surface area (Å²) < 4.78 is 19.6. The maximum absolute atomic E-state index is 9.79. The summed E-state index contributed by atoms with van der Waals surface area (Å²) in [6.45, 7) is 8.70. The van der Waals surface area contributed by atoms with E-state index in [4.69, 9.17) is 21.0 Å². The number of nitrogens with zero attached hydrogens (tertiary/aromatic N) is 4. The molecule has 0 unspecified atom stereocenters. The van der Waals surface area contributed by atoms with Gasteiger partial charge in [-0.15, -0.1) is 0 Å². The molecule has 0 N–H and O–H groups in total. The maximum Gasteiger partial charge on any atom is -0.423 e. The Hall–Kier alpha value is -1.95. The van der Waals surface area contributed by atoms with Crippen LogP contribution in [-0.4, -0.2) is 9.97 Å². The molecule has 0 fully saturated rings. The van der Waals surface area contributed by atoms with Crippen LogP contribution in [0.5, 0.6) is 0 Å². The zero-order chi connectivity index (χ0) is 20.1. The topological polar surface area (TPSA) is 105 Å². The molecular formula is C16H22F2N4O2W-2. The molecule has 0 amide bonds. The Kier molecular flexibility index (Phi) is 24.6. The fraction of sp³-hybridized carbons (Fsp3) is 0.375. The van der Waals surface area contributed by atoms with E-state index in [9.17, 15) is 6.32 Å². The molecule has 2 aromatic rings. The van der Waals surface area contributed by atoms with Crippen molar-refractivity contribution in [1.29, 1.82) is 0 Å². The average Bonchev–Trinajstić information content (AvgIpc) is 2.67. The molecule has 0 saturated carbocycles. The Bertz CT molecular complexity index is 449. The largest absolute Gasteiger partial charge is 0.577 e. The fourth-order valence-corrected chi connectivity index (χ4v) is 1.50. The first-order valence-electron chi connectivity index (χ1n) is 7.08. The van der Waals surface area contributed by atoms with Gasteiger partial charge in [0.2, 0.25) is 0 Å². The number of hydrogen-bond donors (Lipinski definition) is 0. The van der Waals surface area contributed by atoms with E-state index in [0.29, 0.717) is 11.8 Å². The Balaban J connectivity index is -0.000000287. The van der Waals surface area contributed by atoms with E-state index in [1.54, 1.807) is 0 Å². The third-order valence-corrected chi connectivity index (χ3v) is 2.75. The molecule has 2 rings (SSSR count). The molecule has 0 aliphatic carbocycles. The van der Waals surface area contributed by atoms with Gasteiger partial charge in [0.15, 0.2) is 0 Å². The van der Waals surface area contributed by atoms with Crippen LogP contribution < -0.4 is 0 Å². The van der Waals surface area contributed by atoms with Gasteiger partial charge >= 0.3 is 25.9 Å². The summed E-state index contributed by atoms with van der Waals surface area (Å²) in [4.78, 5) is 22.4. The van der Waals surface area contributed by atoms with Crippen LogP contribution in [0.2, 0.25) is 0 Å². The van der Waals surface area contributed by atoms with Crippen molar-refractivity contribution in [2.45, 2.75) is 39.5 Å². The molecule has 0 aromatic carbocycles. The van der Waals surface area contributed by atoms with Crippen molar-refractivity contribution in [2.24, 2.45) is 0 Å². The smallest absolute Gasteiger partial charge is 0.423 e. The van der Waals surface area contributed by atoms with Crippen LogP contribution in [0.25, 0.3) is 11.2 Å². The summed E-state index contributed by atoms with van der Waals surface area (Å²) in [6, 6.07) is 8.19. The summed E-state index contributed by atoms with van der Waals surface area (Å²) in [7, 11) is 0. The van der Waals surface area contributed by atoms with Gasteiger partial charge in [0.1, 0.15) is 0 Å². The molecule has 25 heavy (non-hydrogen) atoms. The molecule has 6 nitrogen and oxygen atoms in total. The van der Waals surface area contributed by atoms with Gasteiger partial charge in [-0.25, -0.2) is 0 Å². The van der Waals surface area contributed by atoms with Crippen molar-refractivity contribution in [3.05, 3.63) is 81.2 Å². The first kappa shape index (κ1) is 27.9. The average molecular weight is 524 g/mol. The SMILES string of the molecule is CC(C)c1ccncc1.CC(C)c1ccncc1.[F][W][F].[N-]=O.[N-]=O. The number of halogens is 2. The van der Waals surface area contributed by atoms with Crippen LogP contribution in [-0.2, 0) is 19.6 Å². The minimum Gasteiger partial charge on any atom is -0.577 e. The summed E-state index contributed by atoms with van der Waals surface area (Å²) in [6.07, 6.45) is 7.31. The number of rotatable bonds is 2. The molecule has 0 bridgehead atoms. The van der Waals surface area contributed by atoms with E-state index < -0.39 is 19.6 Å². The number of nitroso groups, excluding NO2 is 2. The Morgan fingerprint density at radius 3 is 1.04 bits per heavy atom. The zero-order valence-electron chi connectivity index (χ0n) is 14.5. The van der Waals surface area contributed by atoms with Crippen LogP contribution >= 0.6 is 0 Å². The summed E-state index contributed by atoms with van der Waals surface area (Å²) >= 11 is -2.75. The van der Waals surface area contributed by atoms with Crippen LogP contribution in [0.1, 0.15) is 50.7 Å². The molecular weight excluding hydrogens is 502 g/mol. The van der Waals surface area contributed by atoms with Crippen molar-refractivity contribution < 1.29 is 25.9 Å². The quantitative estimate of drug-likeness (QED) is 0.489. The van der Waals surface area contributed by atoms with E-state index in [2.05, 4.69) is 37.7 Å². The first-order chi connectivity index (χ1) is 12.0. The molecule has 2 aromatic heterocycles. The molecule has 2 heterocycles. The van der Waals surface area contributed by atoms with E-state index in [-0.39, 0.29) is 0 Å². The second-order valence-corrected chi connectivity index (χ2v) is 5.35. The normalized spacial score (nSPS) is 8.32. The van der Waals surface area contributed by atoms with Gasteiger partial charge in [-0.2, -0.15) is 0 Å². The van der Waals surface area contributed by atoms with Crippen molar-refractivity contribution in [3.8, 4) is 0 Å². The standard InChI is InChI=1S/2C8H11N.2FH.2NO.W/c2*1-7(2)8-3-5-9-6-4-8;;;2*1-2;/h2*3-7H,1-2H3;2*1H;;;/q;;;;2*-1;+2/p-2. The third kappa shape index (κ3) is 18.2. The summed E-state index contributed by atoms with van der Waals surface area (Å²) in [5, 5.41) is 0. The van der Waals surface area contributed by atoms with Crippen molar-refractivity contribution in [1.82, 2.24) is 9.97 Å². The van der Waals surface area contributed by atoms with Gasteiger partial charge in [-0.05, 0) is 47.2 Å². The number of aromatic nitrogens is 2. The molecule has 0 aliphatic rings. The van der Waals surface area contributed by atoms with E-state index in [0.717, 1.165) is 0 Å². The summed E-state index contributed by atoms with van der Waals surface area (Å²) in [5.41, 5.74) is 14.2. The minimum absolute atomic E-state index is 0.619. The summed E-state index contributed by atoms with van der Waals surface area (Å²) in [5.74, 6) is 1.24. The van der Waals surface area contributed by atoms with Crippen molar-refractivity contribution in [2.75, 3.05) is 0 Å². The molecule has 0 atom stereocenters. The van der Waals surface area contributed by atoms with E-state index >= 15 is 0 Å².